The minimum absolute atomic E-state index is 0.500. The van der Waals surface area contributed by atoms with E-state index in [-0.39, 0.29) is 0 Å². The molecule has 0 bridgehead atoms. The monoisotopic (exact) mass is 234 g/mol. The SMILES string of the molecule is CCc1ccc2c(c1)CCC(C(C)C)=C2.CF. The second kappa shape index (κ2) is 6.58. The lowest BCUT2D eigenvalue weighted by molar-refractivity contribution is 0.636. The van der Waals surface area contributed by atoms with E-state index in [0.717, 1.165) is 6.42 Å². The van der Waals surface area contributed by atoms with Crippen molar-refractivity contribution in [3.63, 3.8) is 0 Å². The molecular weight excluding hydrogens is 211 g/mol. The minimum atomic E-state index is 0.500. The zero-order valence-electron chi connectivity index (χ0n) is 11.4. The summed E-state index contributed by atoms with van der Waals surface area (Å²) in [4.78, 5) is 0. The van der Waals surface area contributed by atoms with Crippen molar-refractivity contribution in [3.05, 3.63) is 40.5 Å². The maximum atomic E-state index is 9.50. The molecule has 0 atom stereocenters. The third kappa shape index (κ3) is 3.42. The Morgan fingerprint density at radius 2 is 1.88 bits per heavy atom. The Balaban J connectivity index is 0.000000686. The van der Waals surface area contributed by atoms with Crippen LogP contribution in [0.1, 0.15) is 43.9 Å². The van der Waals surface area contributed by atoms with Gasteiger partial charge in [0, 0.05) is 0 Å². The molecule has 1 aliphatic rings. The Bertz CT molecular complexity index is 389. The van der Waals surface area contributed by atoms with Crippen LogP contribution in [-0.4, -0.2) is 7.18 Å². The molecule has 0 amide bonds. The van der Waals surface area contributed by atoms with Crippen LogP contribution in [0.5, 0.6) is 0 Å². The van der Waals surface area contributed by atoms with E-state index in [2.05, 4.69) is 45.0 Å². The van der Waals surface area contributed by atoms with Crippen LogP contribution in [0.25, 0.3) is 6.08 Å². The Morgan fingerprint density at radius 1 is 1.18 bits per heavy atom. The molecular formula is C16H23F. The van der Waals surface area contributed by atoms with E-state index in [1.165, 1.54) is 24.0 Å². The van der Waals surface area contributed by atoms with Crippen molar-refractivity contribution < 1.29 is 4.39 Å². The summed E-state index contributed by atoms with van der Waals surface area (Å²) in [5.74, 6) is 0.698. The summed E-state index contributed by atoms with van der Waals surface area (Å²) >= 11 is 0. The third-order valence-electron chi connectivity index (χ3n) is 3.38. The van der Waals surface area contributed by atoms with Crippen LogP contribution in [0.2, 0.25) is 0 Å². The van der Waals surface area contributed by atoms with Gasteiger partial charge in [0.05, 0.1) is 7.18 Å². The molecule has 0 fully saturated rings. The summed E-state index contributed by atoms with van der Waals surface area (Å²) in [6.45, 7) is 6.80. The maximum absolute atomic E-state index is 9.50. The standard InChI is InChI=1S/C15H20.CH3F/c1-4-12-5-6-15-10-13(11(2)3)7-8-14(15)9-12;1-2/h5-6,9-11H,4,7-8H2,1-3H3;1H3. The number of fused-ring (bicyclic) bond motifs is 1. The van der Waals surface area contributed by atoms with Gasteiger partial charge in [-0.1, -0.05) is 50.6 Å². The molecule has 0 saturated carbocycles. The summed E-state index contributed by atoms with van der Waals surface area (Å²) in [6, 6.07) is 6.93. The molecule has 0 saturated heterocycles. The molecule has 0 N–H and O–H groups in total. The van der Waals surface area contributed by atoms with Crippen LogP contribution in [-0.2, 0) is 12.8 Å². The van der Waals surface area contributed by atoms with Crippen molar-refractivity contribution >= 4 is 6.08 Å². The second-order valence-corrected chi connectivity index (χ2v) is 4.76. The number of alkyl halides is 1. The smallest absolute Gasteiger partial charge is 0.0785 e. The van der Waals surface area contributed by atoms with Crippen LogP contribution in [0.4, 0.5) is 4.39 Å². The van der Waals surface area contributed by atoms with Gasteiger partial charge in [-0.15, -0.1) is 0 Å². The van der Waals surface area contributed by atoms with Gasteiger partial charge < -0.3 is 0 Å². The first kappa shape index (κ1) is 14.0. The molecule has 17 heavy (non-hydrogen) atoms. The van der Waals surface area contributed by atoms with Crippen LogP contribution in [0, 0.1) is 5.92 Å². The predicted octanol–water partition coefficient (Wildman–Crippen LogP) is 4.82. The molecule has 1 aliphatic carbocycles. The fourth-order valence-electron chi connectivity index (χ4n) is 2.24. The van der Waals surface area contributed by atoms with Crippen molar-refractivity contribution in [1.82, 2.24) is 0 Å². The Labute approximate surface area is 105 Å². The summed E-state index contributed by atoms with van der Waals surface area (Å²) in [5, 5.41) is 0. The zero-order chi connectivity index (χ0) is 12.8. The van der Waals surface area contributed by atoms with Gasteiger partial charge >= 0.3 is 0 Å². The highest BCUT2D eigenvalue weighted by molar-refractivity contribution is 5.60. The molecule has 1 aromatic rings. The first-order chi connectivity index (χ1) is 8.20. The van der Waals surface area contributed by atoms with Crippen molar-refractivity contribution in [1.29, 1.82) is 0 Å². The van der Waals surface area contributed by atoms with E-state index in [1.54, 1.807) is 11.1 Å². The molecule has 0 aliphatic heterocycles. The Morgan fingerprint density at radius 3 is 2.47 bits per heavy atom. The number of hydrogen-bond acceptors (Lipinski definition) is 0. The number of aryl methyl sites for hydroxylation is 2. The molecule has 94 valence electrons. The molecule has 0 radical (unpaired) electrons. The van der Waals surface area contributed by atoms with Crippen molar-refractivity contribution in [3.8, 4) is 0 Å². The molecule has 0 spiro atoms. The van der Waals surface area contributed by atoms with E-state index in [1.807, 2.05) is 0 Å². The number of hydrogen-bond donors (Lipinski definition) is 0. The molecule has 1 aromatic carbocycles. The van der Waals surface area contributed by atoms with Gasteiger partial charge in [0.1, 0.15) is 0 Å². The molecule has 0 heterocycles. The van der Waals surface area contributed by atoms with Crippen molar-refractivity contribution in [2.24, 2.45) is 5.92 Å². The second-order valence-electron chi connectivity index (χ2n) is 4.76. The van der Waals surface area contributed by atoms with Gasteiger partial charge in [0.2, 0.25) is 0 Å². The van der Waals surface area contributed by atoms with Gasteiger partial charge in [0.15, 0.2) is 0 Å². The van der Waals surface area contributed by atoms with Crippen molar-refractivity contribution in [2.45, 2.75) is 40.0 Å². The van der Waals surface area contributed by atoms with E-state index in [0.29, 0.717) is 13.1 Å². The van der Waals surface area contributed by atoms with Crippen LogP contribution in [0.3, 0.4) is 0 Å². The lowest BCUT2D eigenvalue weighted by Crippen LogP contribution is -2.04. The quantitative estimate of drug-likeness (QED) is 0.688. The Hall–Kier alpha value is -1.11. The van der Waals surface area contributed by atoms with Gasteiger partial charge in [-0.3, -0.25) is 4.39 Å². The maximum Gasteiger partial charge on any atom is 0.0785 e. The average molecular weight is 234 g/mol. The third-order valence-corrected chi connectivity index (χ3v) is 3.38. The minimum Gasteiger partial charge on any atom is -0.255 e. The molecule has 0 unspecified atom stereocenters. The number of rotatable bonds is 2. The summed E-state index contributed by atoms with van der Waals surface area (Å²) in [6.07, 6.45) is 6.02. The lowest BCUT2D eigenvalue weighted by Gasteiger charge is -2.19. The fraction of sp³-hybridized carbons (Fsp3) is 0.500. The number of allylic oxidation sites excluding steroid dienone is 1. The number of halogens is 1. The van der Waals surface area contributed by atoms with Crippen LogP contribution < -0.4 is 0 Å². The van der Waals surface area contributed by atoms with Gasteiger partial charge in [-0.25, -0.2) is 0 Å². The summed E-state index contributed by atoms with van der Waals surface area (Å²) in [7, 11) is 0.500. The first-order valence-electron chi connectivity index (χ1n) is 6.40. The fourth-order valence-corrected chi connectivity index (χ4v) is 2.24. The van der Waals surface area contributed by atoms with E-state index >= 15 is 0 Å². The van der Waals surface area contributed by atoms with Crippen LogP contribution in [0.15, 0.2) is 23.8 Å². The van der Waals surface area contributed by atoms with Crippen LogP contribution >= 0.6 is 0 Å². The lowest BCUT2D eigenvalue weighted by atomic mass is 9.86. The van der Waals surface area contributed by atoms with E-state index in [4.69, 9.17) is 0 Å². The number of benzene rings is 1. The molecule has 2 rings (SSSR count). The van der Waals surface area contributed by atoms with Gasteiger partial charge in [-0.2, -0.15) is 0 Å². The zero-order valence-corrected chi connectivity index (χ0v) is 11.4. The predicted molar refractivity (Wildman–Crippen MR) is 74.0 cm³/mol. The average Bonchev–Trinajstić information content (AvgIpc) is 2.39. The van der Waals surface area contributed by atoms with E-state index < -0.39 is 0 Å². The summed E-state index contributed by atoms with van der Waals surface area (Å²) < 4.78 is 9.50. The normalized spacial score (nSPS) is 13.6. The molecule has 1 heteroatoms. The molecule has 0 aromatic heterocycles. The Kier molecular flexibility index (Phi) is 5.40. The molecule has 0 nitrogen and oxygen atoms in total. The highest BCUT2D eigenvalue weighted by atomic mass is 19.1. The van der Waals surface area contributed by atoms with Gasteiger partial charge in [0.25, 0.3) is 0 Å². The van der Waals surface area contributed by atoms with E-state index in [9.17, 15) is 4.39 Å². The highest BCUT2D eigenvalue weighted by Crippen LogP contribution is 2.28. The van der Waals surface area contributed by atoms with Gasteiger partial charge in [-0.05, 0) is 41.9 Å². The topological polar surface area (TPSA) is 0 Å². The largest absolute Gasteiger partial charge is 0.255 e. The summed E-state index contributed by atoms with van der Waals surface area (Å²) in [5.41, 5.74) is 6.06. The first-order valence-corrected chi connectivity index (χ1v) is 6.40. The highest BCUT2D eigenvalue weighted by Gasteiger charge is 2.12. The van der Waals surface area contributed by atoms with Crippen molar-refractivity contribution in [2.75, 3.05) is 7.18 Å².